The number of carbonyl (C=O) groups is 2. The quantitative estimate of drug-likeness (QED) is 0.682. The Balaban J connectivity index is 1.63. The Kier molecular flexibility index (Phi) is 5.52. The summed E-state index contributed by atoms with van der Waals surface area (Å²) >= 11 is 6.25. The van der Waals surface area contributed by atoms with Gasteiger partial charge in [0.05, 0.1) is 0 Å². The van der Waals surface area contributed by atoms with Crippen molar-refractivity contribution in [3.8, 4) is 0 Å². The number of amides is 2. The minimum atomic E-state index is -0.604. The van der Waals surface area contributed by atoms with Crippen LogP contribution in [0.2, 0.25) is 5.02 Å². The number of aromatic nitrogens is 2. The number of piperazine rings is 1. The van der Waals surface area contributed by atoms with Crippen LogP contribution in [0.5, 0.6) is 0 Å². The van der Waals surface area contributed by atoms with Crippen LogP contribution in [0.3, 0.4) is 0 Å². The lowest BCUT2D eigenvalue weighted by molar-refractivity contribution is -0.148. The lowest BCUT2D eigenvalue weighted by atomic mass is 9.89. The second-order valence-corrected chi connectivity index (χ2v) is 8.24. The van der Waals surface area contributed by atoms with Crippen LogP contribution >= 0.6 is 11.6 Å². The zero-order chi connectivity index (χ0) is 21.4. The van der Waals surface area contributed by atoms with Crippen molar-refractivity contribution in [2.24, 2.45) is 0 Å². The Labute approximate surface area is 180 Å². The average Bonchev–Trinajstić information content (AvgIpc) is 3.10. The highest BCUT2D eigenvalue weighted by atomic mass is 35.5. The van der Waals surface area contributed by atoms with E-state index in [2.05, 4.69) is 28.0 Å². The second kappa shape index (κ2) is 8.11. The summed E-state index contributed by atoms with van der Waals surface area (Å²) in [7, 11) is 1.71. The van der Waals surface area contributed by atoms with Crippen molar-refractivity contribution < 1.29 is 9.59 Å². The Morgan fingerprint density at radius 2 is 2.03 bits per heavy atom. The molecule has 30 heavy (non-hydrogen) atoms. The molecule has 1 N–H and O–H groups in total. The van der Waals surface area contributed by atoms with Crippen molar-refractivity contribution in [3.05, 3.63) is 65.1 Å². The molecule has 1 aromatic carbocycles. The molecule has 1 saturated heterocycles. The van der Waals surface area contributed by atoms with Crippen LogP contribution in [0.15, 0.2) is 48.8 Å². The largest absolute Gasteiger partial charge is 0.347 e. The van der Waals surface area contributed by atoms with E-state index in [9.17, 15) is 9.59 Å². The summed E-state index contributed by atoms with van der Waals surface area (Å²) in [4.78, 5) is 32.0. The number of aryl methyl sites for hydroxylation is 1. The summed E-state index contributed by atoms with van der Waals surface area (Å²) in [5.74, 6) is -0.442. The van der Waals surface area contributed by atoms with Crippen LogP contribution in [-0.4, -0.2) is 45.4 Å². The van der Waals surface area contributed by atoms with E-state index in [0.717, 1.165) is 28.7 Å². The maximum atomic E-state index is 13.1. The van der Waals surface area contributed by atoms with Gasteiger partial charge in [0.25, 0.3) is 0 Å². The third-order valence-electron chi connectivity index (χ3n) is 5.97. The summed E-state index contributed by atoms with van der Waals surface area (Å²) in [6, 6.07) is 10.2. The van der Waals surface area contributed by atoms with Gasteiger partial charge in [0.15, 0.2) is 0 Å². The summed E-state index contributed by atoms with van der Waals surface area (Å²) in [5.41, 5.74) is 2.86. The van der Waals surface area contributed by atoms with Gasteiger partial charge in [0.1, 0.15) is 12.1 Å². The monoisotopic (exact) mass is 424 g/mol. The van der Waals surface area contributed by atoms with Gasteiger partial charge in [-0.3, -0.25) is 14.6 Å². The number of fused-ring (bicyclic) bond motifs is 1. The molecule has 1 fully saturated rings. The number of benzene rings is 1. The SMILES string of the molecule is CCn1cc([C@@H](C)[C@@H]2C(=O)N[C@H](Cc3ccccn3)C(=O)N2C)c2cc(Cl)ccc21. The minimum absolute atomic E-state index is 0.102. The molecular formula is C23H25ClN4O2. The van der Waals surface area contributed by atoms with Gasteiger partial charge in [0.2, 0.25) is 11.8 Å². The summed E-state index contributed by atoms with van der Waals surface area (Å²) in [6.07, 6.45) is 4.13. The smallest absolute Gasteiger partial charge is 0.245 e. The van der Waals surface area contributed by atoms with Gasteiger partial charge >= 0.3 is 0 Å². The summed E-state index contributed by atoms with van der Waals surface area (Å²) in [5, 5.41) is 4.59. The number of nitrogens with one attached hydrogen (secondary N) is 1. The molecule has 156 valence electrons. The Morgan fingerprint density at radius 1 is 1.23 bits per heavy atom. The third-order valence-corrected chi connectivity index (χ3v) is 6.20. The normalized spacial score (nSPS) is 20.5. The highest BCUT2D eigenvalue weighted by Gasteiger charge is 2.42. The van der Waals surface area contributed by atoms with Crippen LogP contribution < -0.4 is 5.32 Å². The number of hydrogen-bond donors (Lipinski definition) is 1. The molecule has 0 radical (unpaired) electrons. The Bertz CT molecular complexity index is 1100. The highest BCUT2D eigenvalue weighted by molar-refractivity contribution is 6.31. The topological polar surface area (TPSA) is 67.2 Å². The molecule has 0 unspecified atom stereocenters. The first-order valence-electron chi connectivity index (χ1n) is 10.2. The number of halogens is 1. The predicted octanol–water partition coefficient (Wildman–Crippen LogP) is 3.38. The van der Waals surface area contributed by atoms with E-state index < -0.39 is 12.1 Å². The summed E-state index contributed by atoms with van der Waals surface area (Å²) < 4.78 is 2.14. The first kappa shape index (κ1) is 20.4. The molecule has 3 heterocycles. The molecule has 7 heteroatoms. The average molecular weight is 425 g/mol. The molecule has 2 aromatic heterocycles. The molecule has 0 bridgehead atoms. The van der Waals surface area contributed by atoms with Crippen molar-refractivity contribution in [2.75, 3.05) is 7.05 Å². The van der Waals surface area contributed by atoms with Crippen LogP contribution in [0, 0.1) is 0 Å². The molecule has 3 atom stereocenters. The van der Waals surface area contributed by atoms with E-state index in [-0.39, 0.29) is 17.7 Å². The Hall–Kier alpha value is -2.86. The van der Waals surface area contributed by atoms with Gasteiger partial charge in [-0.05, 0) is 42.8 Å². The van der Waals surface area contributed by atoms with E-state index in [4.69, 9.17) is 11.6 Å². The third kappa shape index (κ3) is 3.56. The van der Waals surface area contributed by atoms with Gasteiger partial charge < -0.3 is 14.8 Å². The van der Waals surface area contributed by atoms with Gasteiger partial charge in [0, 0.05) is 59.9 Å². The summed E-state index contributed by atoms with van der Waals surface area (Å²) in [6.45, 7) is 4.87. The van der Waals surface area contributed by atoms with Gasteiger partial charge in [-0.25, -0.2) is 0 Å². The molecule has 0 aliphatic carbocycles. The second-order valence-electron chi connectivity index (χ2n) is 7.80. The van der Waals surface area contributed by atoms with Crippen molar-refractivity contribution in [3.63, 3.8) is 0 Å². The molecule has 4 rings (SSSR count). The number of pyridine rings is 1. The molecule has 0 spiro atoms. The van der Waals surface area contributed by atoms with Gasteiger partial charge in [-0.1, -0.05) is 24.6 Å². The molecule has 1 aliphatic heterocycles. The van der Waals surface area contributed by atoms with Gasteiger partial charge in [-0.2, -0.15) is 0 Å². The van der Waals surface area contributed by atoms with Crippen molar-refractivity contribution in [1.82, 2.24) is 19.8 Å². The standard InChI is InChI=1S/C23H25ClN4O2/c1-4-28-13-18(17-11-15(24)8-9-20(17)28)14(2)21-22(29)26-19(23(30)27(21)3)12-16-7-5-6-10-25-16/h5-11,13-14,19,21H,4,12H2,1-3H3,(H,26,29)/t14-,19-,21-/m1/s1. The first-order chi connectivity index (χ1) is 14.4. The van der Waals surface area contributed by atoms with Crippen LogP contribution in [0.4, 0.5) is 0 Å². The molecule has 3 aromatic rings. The Morgan fingerprint density at radius 3 is 2.73 bits per heavy atom. The van der Waals surface area contributed by atoms with E-state index in [1.165, 1.54) is 0 Å². The van der Waals surface area contributed by atoms with Crippen molar-refractivity contribution in [2.45, 2.75) is 44.8 Å². The van der Waals surface area contributed by atoms with E-state index in [1.807, 2.05) is 43.3 Å². The zero-order valence-electron chi connectivity index (χ0n) is 17.3. The van der Waals surface area contributed by atoms with Crippen LogP contribution in [-0.2, 0) is 22.6 Å². The zero-order valence-corrected chi connectivity index (χ0v) is 18.1. The number of hydrogen-bond acceptors (Lipinski definition) is 3. The van der Waals surface area contributed by atoms with E-state index >= 15 is 0 Å². The fourth-order valence-corrected chi connectivity index (χ4v) is 4.57. The first-order valence-corrected chi connectivity index (χ1v) is 10.5. The van der Waals surface area contributed by atoms with Crippen LogP contribution in [0.1, 0.15) is 31.0 Å². The number of likely N-dealkylation sites (N-methyl/N-ethyl adjacent to an activating group) is 1. The van der Waals surface area contributed by atoms with Crippen LogP contribution in [0.25, 0.3) is 10.9 Å². The number of carbonyl (C=O) groups excluding carboxylic acids is 2. The van der Waals surface area contributed by atoms with Crippen molar-refractivity contribution >= 4 is 34.3 Å². The number of rotatable bonds is 5. The predicted molar refractivity (Wildman–Crippen MR) is 117 cm³/mol. The maximum Gasteiger partial charge on any atom is 0.245 e. The highest BCUT2D eigenvalue weighted by Crippen LogP contribution is 2.34. The lowest BCUT2D eigenvalue weighted by Gasteiger charge is -2.39. The fraction of sp³-hybridized carbons (Fsp3) is 0.348. The molecule has 6 nitrogen and oxygen atoms in total. The minimum Gasteiger partial charge on any atom is -0.347 e. The molecule has 2 amide bonds. The van der Waals surface area contributed by atoms with Crippen molar-refractivity contribution in [1.29, 1.82) is 0 Å². The molecule has 1 aliphatic rings. The molecule has 0 saturated carbocycles. The lowest BCUT2D eigenvalue weighted by Crippen LogP contribution is -2.63. The number of nitrogens with zero attached hydrogens (tertiary/aromatic N) is 3. The van der Waals surface area contributed by atoms with E-state index in [0.29, 0.717) is 11.4 Å². The molecular weight excluding hydrogens is 400 g/mol. The van der Waals surface area contributed by atoms with Gasteiger partial charge in [-0.15, -0.1) is 0 Å². The van der Waals surface area contributed by atoms with E-state index in [1.54, 1.807) is 18.1 Å². The maximum absolute atomic E-state index is 13.1. The fourth-order valence-electron chi connectivity index (χ4n) is 4.40.